The van der Waals surface area contributed by atoms with Gasteiger partial charge in [0.05, 0.1) is 16.6 Å². The van der Waals surface area contributed by atoms with Gasteiger partial charge in [-0.2, -0.15) is 0 Å². The van der Waals surface area contributed by atoms with E-state index in [1.54, 1.807) is 0 Å². The monoisotopic (exact) mass is 908 g/mol. The lowest BCUT2D eigenvalue weighted by Gasteiger charge is -2.35. The molecule has 0 aliphatic carbocycles. The minimum atomic E-state index is -2.72. The molecule has 0 fully saturated rings. The fourth-order valence-corrected chi connectivity index (χ4v) is 16.3. The van der Waals surface area contributed by atoms with Crippen molar-refractivity contribution in [2.75, 3.05) is 4.90 Å². The van der Waals surface area contributed by atoms with E-state index in [1.807, 2.05) is 12.1 Å². The highest BCUT2D eigenvalue weighted by Gasteiger charge is 2.41. The predicted octanol–water partition coefficient (Wildman–Crippen LogP) is 14.9. The van der Waals surface area contributed by atoms with Crippen LogP contribution in [0.5, 0.6) is 0 Å². The van der Waals surface area contributed by atoms with Crippen molar-refractivity contribution in [3.8, 4) is 22.3 Å². The topological polar surface area (TPSA) is 20.8 Å². The molecule has 70 heavy (non-hydrogen) atoms. The second kappa shape index (κ2) is 16.1. The number of furan rings is 1. The first-order valence-corrected chi connectivity index (χ1v) is 26.1. The van der Waals surface area contributed by atoms with Crippen LogP contribution in [0.3, 0.4) is 0 Å². The molecule has 328 valence electrons. The van der Waals surface area contributed by atoms with E-state index in [-0.39, 0.29) is 0 Å². The van der Waals surface area contributed by atoms with Gasteiger partial charge in [-0.1, -0.05) is 212 Å². The van der Waals surface area contributed by atoms with E-state index < -0.39 is 8.07 Å². The van der Waals surface area contributed by atoms with Crippen LogP contribution in [0.25, 0.3) is 82.3 Å². The van der Waals surface area contributed by atoms with E-state index in [2.05, 4.69) is 264 Å². The third-order valence-corrected chi connectivity index (χ3v) is 19.5. The van der Waals surface area contributed by atoms with Gasteiger partial charge in [0.2, 0.25) is 0 Å². The Morgan fingerprint density at radius 1 is 0.314 bits per heavy atom. The Morgan fingerprint density at radius 2 is 0.771 bits per heavy atom. The quantitative estimate of drug-likeness (QED) is 0.106. The molecule has 3 heterocycles. The van der Waals surface area contributed by atoms with Crippen molar-refractivity contribution in [3.63, 3.8) is 0 Å². The molecule has 0 aliphatic rings. The van der Waals surface area contributed by atoms with Crippen LogP contribution in [-0.4, -0.2) is 12.5 Å². The SMILES string of the molecule is c1ccc([Si](c2ccccc2)(c2ccccc2)c2ccc(N(c3ccc(-c4ccc5c6cccc7c8ccccc8n(c5c4)c76)cc3)c3ccc(-c4cccc5c4oc4ccccc45)cc3)cc2)cc1. The summed E-state index contributed by atoms with van der Waals surface area (Å²) in [7, 11) is -2.72. The third-order valence-electron chi connectivity index (χ3n) is 14.7. The van der Waals surface area contributed by atoms with Gasteiger partial charge in [0, 0.05) is 54.9 Å². The van der Waals surface area contributed by atoms with Gasteiger partial charge in [0.1, 0.15) is 11.2 Å². The highest BCUT2D eigenvalue weighted by molar-refractivity contribution is 7.19. The molecular weight excluding hydrogens is 865 g/mol. The summed E-state index contributed by atoms with van der Waals surface area (Å²) in [6.45, 7) is 0. The Kier molecular flexibility index (Phi) is 9.23. The van der Waals surface area contributed by atoms with E-state index >= 15 is 0 Å². The third kappa shape index (κ3) is 6.13. The van der Waals surface area contributed by atoms with Crippen LogP contribution in [0, 0.1) is 0 Å². The molecule has 0 spiro atoms. The zero-order chi connectivity index (χ0) is 46.2. The molecule has 0 unspecified atom stereocenters. The molecule has 3 nitrogen and oxygen atoms in total. The summed E-state index contributed by atoms with van der Waals surface area (Å²) < 4.78 is 8.96. The van der Waals surface area contributed by atoms with Crippen LogP contribution >= 0.6 is 0 Å². The van der Waals surface area contributed by atoms with Crippen LogP contribution in [-0.2, 0) is 0 Å². The summed E-state index contributed by atoms with van der Waals surface area (Å²) in [6.07, 6.45) is 0. The van der Waals surface area contributed by atoms with Crippen LogP contribution in [0.4, 0.5) is 17.1 Å². The Balaban J connectivity index is 0.902. The molecule has 0 aliphatic heterocycles. The average molecular weight is 909 g/mol. The van der Waals surface area contributed by atoms with Crippen molar-refractivity contribution >= 4 is 106 Å². The Labute approximate surface area is 406 Å². The van der Waals surface area contributed by atoms with Crippen LogP contribution in [0.2, 0.25) is 0 Å². The molecule has 0 radical (unpaired) electrons. The van der Waals surface area contributed by atoms with Crippen molar-refractivity contribution in [2.45, 2.75) is 0 Å². The van der Waals surface area contributed by atoms with Gasteiger partial charge in [-0.3, -0.25) is 0 Å². The van der Waals surface area contributed by atoms with Crippen molar-refractivity contribution in [1.29, 1.82) is 0 Å². The van der Waals surface area contributed by atoms with Gasteiger partial charge in [-0.25, -0.2) is 0 Å². The zero-order valence-electron chi connectivity index (χ0n) is 38.2. The first-order valence-electron chi connectivity index (χ1n) is 24.1. The minimum absolute atomic E-state index is 0.902. The highest BCUT2D eigenvalue weighted by Crippen LogP contribution is 2.42. The van der Waals surface area contributed by atoms with Gasteiger partial charge < -0.3 is 13.7 Å². The Morgan fingerprint density at radius 3 is 1.40 bits per heavy atom. The predicted molar refractivity (Wildman–Crippen MR) is 298 cm³/mol. The van der Waals surface area contributed by atoms with Crippen molar-refractivity contribution in [2.24, 2.45) is 0 Å². The molecule has 0 N–H and O–H groups in total. The van der Waals surface area contributed by atoms with Gasteiger partial charge in [0.25, 0.3) is 0 Å². The molecule has 14 rings (SSSR count). The number of aromatic nitrogens is 1. The van der Waals surface area contributed by atoms with Crippen LogP contribution in [0.15, 0.2) is 271 Å². The lowest BCUT2D eigenvalue weighted by Crippen LogP contribution is -2.74. The molecule has 4 heteroatoms. The number of anilines is 3. The summed E-state index contributed by atoms with van der Waals surface area (Å²) in [6, 6.07) is 98.1. The Bertz CT molecular complexity index is 4100. The maximum absolute atomic E-state index is 6.50. The molecule has 14 aromatic rings. The first-order chi connectivity index (χ1) is 34.7. The lowest BCUT2D eigenvalue weighted by molar-refractivity contribution is 0.670. The van der Waals surface area contributed by atoms with Crippen LogP contribution < -0.4 is 25.6 Å². The number of benzene rings is 11. The van der Waals surface area contributed by atoms with Gasteiger partial charge in [0.15, 0.2) is 8.07 Å². The van der Waals surface area contributed by atoms with E-state index in [0.717, 1.165) is 50.1 Å². The second-order valence-corrected chi connectivity index (χ2v) is 22.2. The molecule has 0 bridgehead atoms. The van der Waals surface area contributed by atoms with Gasteiger partial charge in [-0.15, -0.1) is 0 Å². The van der Waals surface area contributed by atoms with Crippen molar-refractivity contribution in [1.82, 2.24) is 4.40 Å². The van der Waals surface area contributed by atoms with Crippen molar-refractivity contribution in [3.05, 3.63) is 267 Å². The average Bonchev–Trinajstić information content (AvgIpc) is 4.10. The Hall–Kier alpha value is -8.96. The summed E-state index contributed by atoms with van der Waals surface area (Å²) in [5.41, 5.74) is 13.4. The van der Waals surface area contributed by atoms with E-state index in [4.69, 9.17) is 4.42 Å². The fourth-order valence-electron chi connectivity index (χ4n) is 11.5. The number of rotatable bonds is 9. The minimum Gasteiger partial charge on any atom is -0.455 e. The normalized spacial score (nSPS) is 12.0. The lowest BCUT2D eigenvalue weighted by atomic mass is 10.0. The maximum atomic E-state index is 6.50. The molecule has 3 aromatic heterocycles. The number of fused-ring (bicyclic) bond motifs is 9. The zero-order valence-corrected chi connectivity index (χ0v) is 39.2. The van der Waals surface area contributed by atoms with E-state index in [9.17, 15) is 0 Å². The summed E-state index contributed by atoms with van der Waals surface area (Å²) in [5, 5.41) is 12.8. The van der Waals surface area contributed by atoms with E-state index in [1.165, 1.54) is 70.0 Å². The van der Waals surface area contributed by atoms with Crippen LogP contribution in [0.1, 0.15) is 0 Å². The number of nitrogens with zero attached hydrogens (tertiary/aromatic N) is 2. The van der Waals surface area contributed by atoms with Gasteiger partial charge >= 0.3 is 0 Å². The first kappa shape index (κ1) is 40.1. The molecule has 0 saturated heterocycles. The van der Waals surface area contributed by atoms with E-state index in [0.29, 0.717) is 0 Å². The smallest absolute Gasteiger partial charge is 0.179 e. The van der Waals surface area contributed by atoms with Gasteiger partial charge in [-0.05, 0) is 92.0 Å². The molecule has 11 aromatic carbocycles. The molecule has 0 amide bonds. The highest BCUT2D eigenvalue weighted by atomic mass is 28.3. The molecule has 0 atom stereocenters. The number of hydrogen-bond acceptors (Lipinski definition) is 2. The second-order valence-electron chi connectivity index (χ2n) is 18.4. The largest absolute Gasteiger partial charge is 0.455 e. The summed E-state index contributed by atoms with van der Waals surface area (Å²) >= 11 is 0. The summed E-state index contributed by atoms with van der Waals surface area (Å²) in [5.74, 6) is 0. The number of para-hydroxylation sites is 4. The molecular formula is C66H44N2OSi. The summed E-state index contributed by atoms with van der Waals surface area (Å²) in [4.78, 5) is 2.39. The standard InChI is InChI=1S/C66H44N2OSi/c1-4-16-51(17-5-1)70(52-18-6-2-7-19-52,53-20-8-3-9-21-53)54-41-39-50(40-42-54)67(49-37-32-46(33-38-49)55-24-14-27-61-58-23-11-13-29-64(58)69-66(55)61)48-35-30-45(31-36-48)47-34-43-57-60-26-15-25-59-56-22-10-12-28-62(56)68(65(59)60)63(57)44-47/h1-44H. The fraction of sp³-hybridized carbons (Fsp3) is 0. The number of hydrogen-bond donors (Lipinski definition) is 0. The maximum Gasteiger partial charge on any atom is 0.179 e. The molecule has 0 saturated carbocycles. The van der Waals surface area contributed by atoms with Crippen molar-refractivity contribution < 1.29 is 4.42 Å².